The van der Waals surface area contributed by atoms with Gasteiger partial charge >= 0.3 is 0 Å². The highest BCUT2D eigenvalue weighted by Crippen LogP contribution is 2.19. The fraction of sp³-hybridized carbons (Fsp3) is 0.556. The monoisotopic (exact) mass is 500 g/mol. The van der Waals surface area contributed by atoms with Crippen LogP contribution >= 0.6 is 24.0 Å². The van der Waals surface area contributed by atoms with Crippen LogP contribution in [0.15, 0.2) is 17.1 Å². The van der Waals surface area contributed by atoms with E-state index >= 15 is 0 Å². The minimum atomic E-state index is -1.62. The van der Waals surface area contributed by atoms with Crippen LogP contribution in [-0.2, 0) is 4.79 Å². The third-order valence-electron chi connectivity index (χ3n) is 3.59. The van der Waals surface area contributed by atoms with Crippen molar-refractivity contribution in [2.24, 2.45) is 10.9 Å². The third kappa shape index (κ3) is 9.30. The van der Waals surface area contributed by atoms with Crippen LogP contribution in [0.1, 0.15) is 40.5 Å². The molecule has 0 aliphatic rings. The molecule has 0 saturated carbocycles. The fourth-order valence-corrected chi connectivity index (χ4v) is 2.17. The van der Waals surface area contributed by atoms with Crippen LogP contribution in [0.5, 0.6) is 0 Å². The summed E-state index contributed by atoms with van der Waals surface area (Å²) in [6.07, 6.45) is 2.01. The van der Waals surface area contributed by atoms with Gasteiger partial charge in [0.05, 0.1) is 5.69 Å². The van der Waals surface area contributed by atoms with Gasteiger partial charge in [-0.3, -0.25) is 4.79 Å². The molecule has 0 saturated heterocycles. The minimum absolute atomic E-state index is 0. The number of aliphatic imine (C=N–C) groups is 1. The predicted octanol–water partition coefficient (Wildman–Crippen LogP) is 4.04. The van der Waals surface area contributed by atoms with Crippen molar-refractivity contribution in [3.63, 3.8) is 0 Å². The standard InChI is InChI=1S/C18H27F3N4O.HI/c1-5-22-18(24-12(4)7-6-11(2)3)23-10-15(26)25-14-9-8-13(19)16(20)17(14)21;/h8-9,11-12H,5-7,10H2,1-4H3,(H,25,26)(H2,22,23,24);1H. The summed E-state index contributed by atoms with van der Waals surface area (Å²) in [4.78, 5) is 16.1. The first kappa shape index (κ1) is 25.5. The lowest BCUT2D eigenvalue weighted by molar-refractivity contribution is -0.114. The minimum Gasteiger partial charge on any atom is -0.357 e. The largest absolute Gasteiger partial charge is 0.357 e. The highest BCUT2D eigenvalue weighted by molar-refractivity contribution is 14.0. The number of amides is 1. The van der Waals surface area contributed by atoms with Crippen LogP contribution in [0.25, 0.3) is 0 Å². The van der Waals surface area contributed by atoms with Crippen molar-refractivity contribution in [3.8, 4) is 0 Å². The van der Waals surface area contributed by atoms with E-state index in [9.17, 15) is 18.0 Å². The van der Waals surface area contributed by atoms with E-state index < -0.39 is 29.0 Å². The van der Waals surface area contributed by atoms with E-state index in [4.69, 9.17) is 0 Å². The molecule has 1 rings (SSSR count). The Morgan fingerprint density at radius 2 is 1.78 bits per heavy atom. The lowest BCUT2D eigenvalue weighted by atomic mass is 10.0. The van der Waals surface area contributed by atoms with E-state index in [2.05, 4.69) is 34.8 Å². The molecular weight excluding hydrogens is 472 g/mol. The molecule has 0 bridgehead atoms. The van der Waals surface area contributed by atoms with Crippen molar-refractivity contribution < 1.29 is 18.0 Å². The zero-order valence-electron chi connectivity index (χ0n) is 16.0. The van der Waals surface area contributed by atoms with Gasteiger partial charge in [0.1, 0.15) is 6.54 Å². The number of carbonyl (C=O) groups excluding carboxylic acids is 1. The van der Waals surface area contributed by atoms with Gasteiger partial charge in [-0.05, 0) is 44.7 Å². The van der Waals surface area contributed by atoms with Crippen molar-refractivity contribution in [2.75, 3.05) is 18.4 Å². The summed E-state index contributed by atoms with van der Waals surface area (Å²) in [5.74, 6) is -3.95. The zero-order valence-corrected chi connectivity index (χ0v) is 18.4. The molecule has 0 spiro atoms. The predicted molar refractivity (Wildman–Crippen MR) is 113 cm³/mol. The lowest BCUT2D eigenvalue weighted by Gasteiger charge is -2.18. The summed E-state index contributed by atoms with van der Waals surface area (Å²) < 4.78 is 39.7. The number of nitrogens with one attached hydrogen (secondary N) is 3. The third-order valence-corrected chi connectivity index (χ3v) is 3.59. The molecule has 0 aromatic heterocycles. The van der Waals surface area contributed by atoms with Crippen molar-refractivity contribution in [2.45, 2.75) is 46.6 Å². The summed E-state index contributed by atoms with van der Waals surface area (Å²) in [6.45, 7) is 8.53. The number of anilines is 1. The van der Waals surface area contributed by atoms with Crippen molar-refractivity contribution >= 4 is 41.5 Å². The normalized spacial score (nSPS) is 12.4. The van der Waals surface area contributed by atoms with Crippen LogP contribution in [0.3, 0.4) is 0 Å². The van der Waals surface area contributed by atoms with Crippen LogP contribution < -0.4 is 16.0 Å². The number of guanidine groups is 1. The number of benzene rings is 1. The Morgan fingerprint density at radius 3 is 2.37 bits per heavy atom. The summed E-state index contributed by atoms with van der Waals surface area (Å²) in [5, 5.41) is 8.41. The Labute approximate surface area is 175 Å². The molecule has 5 nitrogen and oxygen atoms in total. The Morgan fingerprint density at radius 1 is 1.11 bits per heavy atom. The molecule has 0 aliphatic carbocycles. The molecule has 3 N–H and O–H groups in total. The average Bonchev–Trinajstić information content (AvgIpc) is 2.58. The van der Waals surface area contributed by atoms with Crippen LogP contribution in [0.4, 0.5) is 18.9 Å². The van der Waals surface area contributed by atoms with Crippen LogP contribution in [-0.4, -0.2) is 31.0 Å². The van der Waals surface area contributed by atoms with Gasteiger partial charge in [0, 0.05) is 12.6 Å². The molecule has 9 heteroatoms. The molecule has 1 aromatic carbocycles. The molecule has 154 valence electrons. The van der Waals surface area contributed by atoms with Gasteiger partial charge in [-0.2, -0.15) is 0 Å². The van der Waals surface area contributed by atoms with E-state index in [1.54, 1.807) is 0 Å². The Balaban J connectivity index is 0.00000676. The van der Waals surface area contributed by atoms with E-state index in [-0.39, 0.29) is 36.6 Å². The Hall–Kier alpha value is -1.52. The van der Waals surface area contributed by atoms with Gasteiger partial charge in [0.25, 0.3) is 0 Å². The maximum absolute atomic E-state index is 13.6. The second-order valence-corrected chi connectivity index (χ2v) is 6.48. The lowest BCUT2D eigenvalue weighted by Crippen LogP contribution is -2.42. The molecule has 0 aliphatic heterocycles. The van der Waals surface area contributed by atoms with Crippen LogP contribution in [0.2, 0.25) is 0 Å². The molecule has 0 radical (unpaired) electrons. The molecule has 0 heterocycles. The summed E-state index contributed by atoms with van der Waals surface area (Å²) in [5.41, 5.74) is -0.424. The van der Waals surface area contributed by atoms with E-state index in [0.717, 1.165) is 25.0 Å². The second-order valence-electron chi connectivity index (χ2n) is 6.48. The topological polar surface area (TPSA) is 65.5 Å². The molecule has 1 unspecified atom stereocenters. The Kier molecular flexibility index (Phi) is 12.1. The average molecular weight is 500 g/mol. The number of hydrogen-bond acceptors (Lipinski definition) is 2. The molecule has 27 heavy (non-hydrogen) atoms. The second kappa shape index (κ2) is 12.8. The van der Waals surface area contributed by atoms with Gasteiger partial charge < -0.3 is 16.0 Å². The summed E-state index contributed by atoms with van der Waals surface area (Å²) in [7, 11) is 0. The maximum atomic E-state index is 13.6. The van der Waals surface area contributed by atoms with Crippen molar-refractivity contribution in [1.29, 1.82) is 0 Å². The number of hydrogen-bond donors (Lipinski definition) is 3. The number of carbonyl (C=O) groups is 1. The number of halogens is 4. The van der Waals surface area contributed by atoms with Gasteiger partial charge in [-0.15, -0.1) is 24.0 Å². The highest BCUT2D eigenvalue weighted by atomic mass is 127. The highest BCUT2D eigenvalue weighted by Gasteiger charge is 2.15. The molecule has 1 atom stereocenters. The van der Waals surface area contributed by atoms with E-state index in [1.807, 2.05) is 13.8 Å². The van der Waals surface area contributed by atoms with Gasteiger partial charge in [-0.25, -0.2) is 18.2 Å². The first-order valence-electron chi connectivity index (χ1n) is 8.72. The van der Waals surface area contributed by atoms with Crippen molar-refractivity contribution in [1.82, 2.24) is 10.6 Å². The van der Waals surface area contributed by atoms with Gasteiger partial charge in [-0.1, -0.05) is 13.8 Å². The summed E-state index contributed by atoms with van der Waals surface area (Å²) in [6, 6.07) is 1.88. The smallest absolute Gasteiger partial charge is 0.246 e. The number of rotatable bonds is 8. The molecule has 1 aromatic rings. The zero-order chi connectivity index (χ0) is 19.7. The first-order valence-corrected chi connectivity index (χ1v) is 8.72. The SMILES string of the molecule is CCNC(=NCC(=O)Nc1ccc(F)c(F)c1F)NC(C)CCC(C)C.I. The molecule has 1 amide bonds. The first-order chi connectivity index (χ1) is 12.2. The van der Waals surface area contributed by atoms with Gasteiger partial charge in [0.2, 0.25) is 5.91 Å². The summed E-state index contributed by atoms with van der Waals surface area (Å²) >= 11 is 0. The molecular formula is C18H28F3IN4O. The van der Waals surface area contributed by atoms with Gasteiger partial charge in [0.15, 0.2) is 23.4 Å². The maximum Gasteiger partial charge on any atom is 0.246 e. The molecule has 0 fully saturated rings. The van der Waals surface area contributed by atoms with Crippen LogP contribution in [0, 0.1) is 23.4 Å². The Bertz CT molecular complexity index is 641. The quantitative estimate of drug-likeness (QED) is 0.219. The number of nitrogens with zero attached hydrogens (tertiary/aromatic N) is 1. The fourth-order valence-electron chi connectivity index (χ4n) is 2.17. The van der Waals surface area contributed by atoms with E-state index in [0.29, 0.717) is 18.4 Å². The van der Waals surface area contributed by atoms with E-state index in [1.165, 1.54) is 0 Å². The van der Waals surface area contributed by atoms with Crippen molar-refractivity contribution in [3.05, 3.63) is 29.6 Å².